The van der Waals surface area contributed by atoms with Crippen LogP contribution in [0.5, 0.6) is 0 Å². The van der Waals surface area contributed by atoms with E-state index >= 15 is 0 Å². The van der Waals surface area contributed by atoms with Gasteiger partial charge in [0.15, 0.2) is 5.82 Å². The molecule has 2 rings (SSSR count). The minimum Gasteiger partial charge on any atom is -0.383 e. The molecule has 20 heavy (non-hydrogen) atoms. The van der Waals surface area contributed by atoms with Gasteiger partial charge in [0, 0.05) is 19.7 Å². The Balaban J connectivity index is 2.19. The third kappa shape index (κ3) is 3.30. The van der Waals surface area contributed by atoms with Crippen LogP contribution in [0.1, 0.15) is 32.0 Å². The van der Waals surface area contributed by atoms with Crippen LogP contribution in [0.25, 0.3) is 11.4 Å². The predicted molar refractivity (Wildman–Crippen MR) is 73.6 cm³/mol. The number of hydrogen-bond donors (Lipinski definition) is 1. The summed E-state index contributed by atoms with van der Waals surface area (Å²) in [5.74, 6) is 2.38. The molecule has 108 valence electrons. The van der Waals surface area contributed by atoms with Gasteiger partial charge in [-0.1, -0.05) is 25.4 Å². The molecule has 0 aromatic carbocycles. The molecule has 0 amide bonds. The van der Waals surface area contributed by atoms with Gasteiger partial charge in [0.2, 0.25) is 11.7 Å². The van der Waals surface area contributed by atoms with Crippen molar-refractivity contribution in [2.24, 2.45) is 5.92 Å². The topological polar surface area (TPSA) is 100.0 Å². The third-order valence-corrected chi connectivity index (χ3v) is 3.07. The maximum atomic E-state index is 5.89. The average Bonchev–Trinajstić information content (AvgIpc) is 2.87. The lowest BCUT2D eigenvalue weighted by Crippen LogP contribution is -2.03. The van der Waals surface area contributed by atoms with Gasteiger partial charge in [-0.3, -0.25) is 0 Å². The van der Waals surface area contributed by atoms with E-state index in [2.05, 4.69) is 34.0 Å². The minimum atomic E-state index is 0.315. The van der Waals surface area contributed by atoms with Crippen LogP contribution in [0.4, 0.5) is 5.82 Å². The fraction of sp³-hybridized carbons (Fsp3) is 0.538. The quantitative estimate of drug-likeness (QED) is 0.859. The Morgan fingerprint density at radius 3 is 2.85 bits per heavy atom. The lowest BCUT2D eigenvalue weighted by atomic mass is 10.1. The van der Waals surface area contributed by atoms with Crippen LogP contribution in [-0.4, -0.2) is 27.2 Å². The first-order valence-corrected chi connectivity index (χ1v) is 6.57. The maximum absolute atomic E-state index is 5.89. The zero-order chi connectivity index (χ0) is 14.5. The smallest absolute Gasteiger partial charge is 0.227 e. The van der Waals surface area contributed by atoms with Gasteiger partial charge in [-0.05, 0) is 5.92 Å². The SMILES string of the molecule is CCC(C)Cc1nc(-c2cnc(COC)nc2N)no1. The Bertz CT molecular complexity index is 570. The Hall–Kier alpha value is -2.02. The van der Waals surface area contributed by atoms with E-state index in [4.69, 9.17) is 15.0 Å². The van der Waals surface area contributed by atoms with Crippen LogP contribution >= 0.6 is 0 Å². The fourth-order valence-electron chi connectivity index (χ4n) is 1.69. The lowest BCUT2D eigenvalue weighted by molar-refractivity contribution is 0.178. The maximum Gasteiger partial charge on any atom is 0.227 e. The molecule has 0 saturated heterocycles. The van der Waals surface area contributed by atoms with E-state index in [1.54, 1.807) is 13.3 Å². The van der Waals surface area contributed by atoms with Gasteiger partial charge in [-0.15, -0.1) is 0 Å². The van der Waals surface area contributed by atoms with Crippen molar-refractivity contribution in [2.75, 3.05) is 12.8 Å². The molecular weight excluding hydrogens is 258 g/mol. The summed E-state index contributed by atoms with van der Waals surface area (Å²) in [5.41, 5.74) is 6.47. The first-order chi connectivity index (χ1) is 9.63. The van der Waals surface area contributed by atoms with Crippen molar-refractivity contribution in [1.29, 1.82) is 0 Å². The largest absolute Gasteiger partial charge is 0.383 e. The summed E-state index contributed by atoms with van der Waals surface area (Å²) in [5, 5.41) is 3.93. The summed E-state index contributed by atoms with van der Waals surface area (Å²) < 4.78 is 10.2. The fourth-order valence-corrected chi connectivity index (χ4v) is 1.69. The second kappa shape index (κ2) is 6.42. The number of rotatable bonds is 6. The Morgan fingerprint density at radius 2 is 2.20 bits per heavy atom. The Kier molecular flexibility index (Phi) is 4.62. The monoisotopic (exact) mass is 277 g/mol. The number of anilines is 1. The molecule has 0 aliphatic heterocycles. The van der Waals surface area contributed by atoms with E-state index in [1.165, 1.54) is 0 Å². The lowest BCUT2D eigenvalue weighted by Gasteiger charge is -2.03. The molecule has 2 aromatic heterocycles. The summed E-state index contributed by atoms with van der Waals surface area (Å²) in [6.45, 7) is 4.58. The van der Waals surface area contributed by atoms with Crippen LogP contribution in [0.2, 0.25) is 0 Å². The first kappa shape index (κ1) is 14.4. The van der Waals surface area contributed by atoms with Crippen molar-refractivity contribution in [3.8, 4) is 11.4 Å². The van der Waals surface area contributed by atoms with Crippen molar-refractivity contribution in [2.45, 2.75) is 33.3 Å². The Morgan fingerprint density at radius 1 is 1.40 bits per heavy atom. The standard InChI is InChI=1S/C13H19N5O2/c1-4-8(2)5-11-17-13(18-20-11)9-6-15-10(7-19-3)16-12(9)14/h6,8H,4-5,7H2,1-3H3,(H2,14,15,16). The van der Waals surface area contributed by atoms with Crippen molar-refractivity contribution in [3.63, 3.8) is 0 Å². The van der Waals surface area contributed by atoms with E-state index in [-0.39, 0.29) is 0 Å². The second-order valence-corrected chi connectivity index (χ2v) is 4.75. The van der Waals surface area contributed by atoms with Gasteiger partial charge in [0.25, 0.3) is 0 Å². The highest BCUT2D eigenvalue weighted by Gasteiger charge is 2.15. The highest BCUT2D eigenvalue weighted by Crippen LogP contribution is 2.21. The van der Waals surface area contributed by atoms with Crippen LogP contribution in [-0.2, 0) is 17.8 Å². The van der Waals surface area contributed by atoms with Gasteiger partial charge in [0.1, 0.15) is 12.4 Å². The van der Waals surface area contributed by atoms with Gasteiger partial charge in [-0.2, -0.15) is 4.98 Å². The van der Waals surface area contributed by atoms with E-state index < -0.39 is 0 Å². The molecule has 0 fully saturated rings. The number of nitrogens with two attached hydrogens (primary N) is 1. The highest BCUT2D eigenvalue weighted by atomic mass is 16.5. The molecule has 0 aliphatic rings. The number of aromatic nitrogens is 4. The molecule has 2 aromatic rings. The van der Waals surface area contributed by atoms with Crippen molar-refractivity contribution in [1.82, 2.24) is 20.1 Å². The summed E-state index contributed by atoms with van der Waals surface area (Å²) >= 11 is 0. The zero-order valence-corrected chi connectivity index (χ0v) is 12.0. The molecule has 0 aliphatic carbocycles. The predicted octanol–water partition coefficient (Wildman–Crippen LogP) is 1.84. The molecule has 0 bridgehead atoms. The number of hydrogen-bond acceptors (Lipinski definition) is 7. The molecule has 0 spiro atoms. The van der Waals surface area contributed by atoms with Gasteiger partial charge >= 0.3 is 0 Å². The number of nitrogen functional groups attached to an aromatic ring is 1. The molecule has 0 radical (unpaired) electrons. The molecule has 2 heterocycles. The van der Waals surface area contributed by atoms with Crippen LogP contribution in [0.3, 0.4) is 0 Å². The minimum absolute atomic E-state index is 0.315. The van der Waals surface area contributed by atoms with E-state index in [0.29, 0.717) is 41.4 Å². The van der Waals surface area contributed by atoms with Crippen molar-refractivity contribution in [3.05, 3.63) is 17.9 Å². The molecular formula is C13H19N5O2. The van der Waals surface area contributed by atoms with E-state index in [1.807, 2.05) is 0 Å². The number of nitrogens with zero attached hydrogens (tertiary/aromatic N) is 4. The van der Waals surface area contributed by atoms with Crippen molar-refractivity contribution >= 4 is 5.82 Å². The normalized spacial score (nSPS) is 12.6. The molecule has 1 unspecified atom stereocenters. The van der Waals surface area contributed by atoms with Crippen molar-refractivity contribution < 1.29 is 9.26 Å². The average molecular weight is 277 g/mol. The van der Waals surface area contributed by atoms with Crippen LogP contribution in [0, 0.1) is 5.92 Å². The summed E-state index contributed by atoms with van der Waals surface area (Å²) in [4.78, 5) is 12.6. The molecule has 0 saturated carbocycles. The zero-order valence-electron chi connectivity index (χ0n) is 12.0. The summed E-state index contributed by atoms with van der Waals surface area (Å²) in [6.07, 6.45) is 3.41. The van der Waals surface area contributed by atoms with Crippen LogP contribution in [0.15, 0.2) is 10.7 Å². The van der Waals surface area contributed by atoms with Gasteiger partial charge in [-0.25, -0.2) is 9.97 Å². The summed E-state index contributed by atoms with van der Waals surface area (Å²) in [7, 11) is 1.58. The first-order valence-electron chi connectivity index (χ1n) is 6.57. The van der Waals surface area contributed by atoms with E-state index in [0.717, 1.165) is 12.8 Å². The Labute approximate surface area is 117 Å². The van der Waals surface area contributed by atoms with Crippen LogP contribution < -0.4 is 5.73 Å². The van der Waals surface area contributed by atoms with E-state index in [9.17, 15) is 0 Å². The molecule has 7 heteroatoms. The molecule has 7 nitrogen and oxygen atoms in total. The second-order valence-electron chi connectivity index (χ2n) is 4.75. The summed E-state index contributed by atoms with van der Waals surface area (Å²) in [6, 6.07) is 0. The highest BCUT2D eigenvalue weighted by molar-refractivity contribution is 5.66. The van der Waals surface area contributed by atoms with Gasteiger partial charge < -0.3 is 15.0 Å². The third-order valence-electron chi connectivity index (χ3n) is 3.07. The number of ether oxygens (including phenoxy) is 1. The number of methoxy groups -OCH3 is 1. The molecule has 2 N–H and O–H groups in total. The molecule has 1 atom stereocenters. The van der Waals surface area contributed by atoms with Gasteiger partial charge in [0.05, 0.1) is 5.56 Å².